The predicted molar refractivity (Wildman–Crippen MR) is 113 cm³/mol. The van der Waals surface area contributed by atoms with E-state index in [2.05, 4.69) is 34.7 Å². The van der Waals surface area contributed by atoms with Crippen LogP contribution in [0.1, 0.15) is 39.7 Å². The van der Waals surface area contributed by atoms with Crippen LogP contribution in [0.5, 0.6) is 0 Å². The van der Waals surface area contributed by atoms with Crippen LogP contribution in [-0.2, 0) is 11.3 Å². The molecule has 0 radical (unpaired) electrons. The van der Waals surface area contributed by atoms with Crippen LogP contribution >= 0.6 is 0 Å². The maximum absolute atomic E-state index is 12.6. The highest BCUT2D eigenvalue weighted by Gasteiger charge is 2.25. The molecule has 1 saturated heterocycles. The maximum atomic E-state index is 12.6. The Morgan fingerprint density at radius 3 is 2.32 bits per heavy atom. The van der Waals surface area contributed by atoms with Gasteiger partial charge in [-0.25, -0.2) is 4.79 Å². The van der Waals surface area contributed by atoms with E-state index >= 15 is 0 Å². The van der Waals surface area contributed by atoms with Gasteiger partial charge in [0.05, 0.1) is 0 Å². The van der Waals surface area contributed by atoms with Gasteiger partial charge in [-0.1, -0.05) is 58.0 Å². The van der Waals surface area contributed by atoms with Crippen molar-refractivity contribution in [3.63, 3.8) is 0 Å². The van der Waals surface area contributed by atoms with Gasteiger partial charge < -0.3 is 20.9 Å². The molecule has 2 rings (SSSR count). The number of piperidine rings is 1. The maximum Gasteiger partial charge on any atom is 0.315 e. The molecular formula is C22H36N4O2. The molecule has 6 nitrogen and oxygen atoms in total. The summed E-state index contributed by atoms with van der Waals surface area (Å²) in [5.41, 5.74) is 1.02. The standard InChI is InChI=1S/C22H36N4O2/c1-16(2)20(25-22(28)24-13-19-8-6-5-7-9-19)21(27)23-10-11-26-14-17(3)12-18(4)15-26/h5-9,16-18,20H,10-15H2,1-4H3,(H,23,27)(H2,24,25,28). The number of hydrogen-bond acceptors (Lipinski definition) is 3. The van der Waals surface area contributed by atoms with Gasteiger partial charge in [-0.2, -0.15) is 0 Å². The van der Waals surface area contributed by atoms with Crippen LogP contribution in [0, 0.1) is 17.8 Å². The molecule has 156 valence electrons. The number of hydrogen-bond donors (Lipinski definition) is 3. The third-order valence-electron chi connectivity index (χ3n) is 5.20. The van der Waals surface area contributed by atoms with Crippen LogP contribution in [0.3, 0.4) is 0 Å². The lowest BCUT2D eigenvalue weighted by Crippen LogP contribution is -2.53. The first-order chi connectivity index (χ1) is 13.3. The van der Waals surface area contributed by atoms with E-state index in [1.54, 1.807) is 0 Å². The molecule has 28 heavy (non-hydrogen) atoms. The van der Waals surface area contributed by atoms with E-state index in [9.17, 15) is 9.59 Å². The van der Waals surface area contributed by atoms with Crippen molar-refractivity contribution in [3.05, 3.63) is 35.9 Å². The van der Waals surface area contributed by atoms with Gasteiger partial charge in [-0.15, -0.1) is 0 Å². The molecular weight excluding hydrogens is 352 g/mol. The molecule has 1 fully saturated rings. The molecule has 6 heteroatoms. The van der Waals surface area contributed by atoms with E-state index < -0.39 is 6.04 Å². The highest BCUT2D eigenvalue weighted by Crippen LogP contribution is 2.20. The zero-order valence-electron chi connectivity index (χ0n) is 17.7. The van der Waals surface area contributed by atoms with Crippen LogP contribution in [0.15, 0.2) is 30.3 Å². The molecule has 1 aromatic carbocycles. The molecule has 1 heterocycles. The summed E-state index contributed by atoms with van der Waals surface area (Å²) in [5, 5.41) is 8.63. The van der Waals surface area contributed by atoms with E-state index in [0.717, 1.165) is 25.2 Å². The Balaban J connectivity index is 1.75. The summed E-state index contributed by atoms with van der Waals surface area (Å²) in [4.78, 5) is 27.2. The summed E-state index contributed by atoms with van der Waals surface area (Å²) in [6, 6.07) is 8.84. The Kier molecular flexibility index (Phi) is 8.77. The smallest absolute Gasteiger partial charge is 0.315 e. The molecule has 0 aliphatic carbocycles. The van der Waals surface area contributed by atoms with Crippen molar-refractivity contribution >= 4 is 11.9 Å². The first-order valence-corrected chi connectivity index (χ1v) is 10.4. The van der Waals surface area contributed by atoms with Crippen LogP contribution in [0.4, 0.5) is 4.79 Å². The van der Waals surface area contributed by atoms with Gasteiger partial charge in [-0.3, -0.25) is 4.79 Å². The highest BCUT2D eigenvalue weighted by atomic mass is 16.2. The molecule has 3 atom stereocenters. The first-order valence-electron chi connectivity index (χ1n) is 10.4. The fourth-order valence-corrected chi connectivity index (χ4v) is 3.93. The average Bonchev–Trinajstić information content (AvgIpc) is 2.64. The fraction of sp³-hybridized carbons (Fsp3) is 0.636. The van der Waals surface area contributed by atoms with Gasteiger partial charge in [-0.05, 0) is 29.7 Å². The molecule has 0 spiro atoms. The van der Waals surface area contributed by atoms with Gasteiger partial charge in [0.1, 0.15) is 6.04 Å². The number of amides is 3. The normalized spacial score (nSPS) is 21.2. The molecule has 3 amide bonds. The lowest BCUT2D eigenvalue weighted by Gasteiger charge is -2.35. The second kappa shape index (κ2) is 11.1. The Hall–Kier alpha value is -2.08. The Bertz CT molecular complexity index is 610. The van der Waals surface area contributed by atoms with E-state index in [0.29, 0.717) is 24.9 Å². The van der Waals surface area contributed by atoms with Crippen molar-refractivity contribution in [1.82, 2.24) is 20.9 Å². The minimum Gasteiger partial charge on any atom is -0.353 e. The lowest BCUT2D eigenvalue weighted by atomic mass is 9.92. The molecule has 1 aromatic rings. The van der Waals surface area contributed by atoms with Gasteiger partial charge in [0, 0.05) is 32.7 Å². The molecule has 3 unspecified atom stereocenters. The third kappa shape index (κ3) is 7.50. The Morgan fingerprint density at radius 2 is 1.71 bits per heavy atom. The van der Waals surface area contributed by atoms with Gasteiger partial charge >= 0.3 is 6.03 Å². The van der Waals surface area contributed by atoms with E-state index in [1.165, 1.54) is 6.42 Å². The van der Waals surface area contributed by atoms with Crippen LogP contribution in [0.2, 0.25) is 0 Å². The molecule has 3 N–H and O–H groups in total. The second-order valence-corrected chi connectivity index (χ2v) is 8.53. The van der Waals surface area contributed by atoms with Gasteiger partial charge in [0.25, 0.3) is 0 Å². The number of benzene rings is 1. The first kappa shape index (κ1) is 22.2. The monoisotopic (exact) mass is 388 g/mol. The summed E-state index contributed by atoms with van der Waals surface area (Å²) in [6.07, 6.45) is 1.28. The minimum absolute atomic E-state index is 0.0116. The van der Waals surface area contributed by atoms with E-state index in [-0.39, 0.29) is 17.9 Å². The zero-order chi connectivity index (χ0) is 20.5. The molecule has 1 aliphatic rings. The molecule has 1 aliphatic heterocycles. The van der Waals surface area contributed by atoms with Crippen molar-refractivity contribution in [1.29, 1.82) is 0 Å². The summed E-state index contributed by atoms with van der Waals surface area (Å²) in [7, 11) is 0. The summed E-state index contributed by atoms with van der Waals surface area (Å²) >= 11 is 0. The summed E-state index contributed by atoms with van der Waals surface area (Å²) < 4.78 is 0. The molecule has 0 aromatic heterocycles. The fourth-order valence-electron chi connectivity index (χ4n) is 3.93. The lowest BCUT2D eigenvalue weighted by molar-refractivity contribution is -0.123. The number of nitrogens with zero attached hydrogens (tertiary/aromatic N) is 1. The minimum atomic E-state index is -0.546. The third-order valence-corrected chi connectivity index (χ3v) is 5.20. The number of likely N-dealkylation sites (tertiary alicyclic amines) is 1. The quantitative estimate of drug-likeness (QED) is 0.641. The summed E-state index contributed by atoms with van der Waals surface area (Å²) in [6.45, 7) is 12.5. The molecule has 0 saturated carbocycles. The molecule has 0 bridgehead atoms. The van der Waals surface area contributed by atoms with Crippen molar-refractivity contribution in [3.8, 4) is 0 Å². The Labute approximate surface area is 169 Å². The summed E-state index contributed by atoms with van der Waals surface area (Å²) in [5.74, 6) is 1.30. The zero-order valence-corrected chi connectivity index (χ0v) is 17.7. The van der Waals surface area contributed by atoms with Crippen LogP contribution < -0.4 is 16.0 Å². The van der Waals surface area contributed by atoms with Crippen molar-refractivity contribution in [2.75, 3.05) is 26.2 Å². The topological polar surface area (TPSA) is 73.5 Å². The number of carbonyl (C=O) groups excluding carboxylic acids is 2. The largest absolute Gasteiger partial charge is 0.353 e. The highest BCUT2D eigenvalue weighted by molar-refractivity contribution is 5.87. The van der Waals surface area contributed by atoms with Gasteiger partial charge in [0.15, 0.2) is 0 Å². The van der Waals surface area contributed by atoms with Crippen molar-refractivity contribution in [2.45, 2.75) is 46.7 Å². The number of carbonyl (C=O) groups is 2. The average molecular weight is 389 g/mol. The SMILES string of the molecule is CC1CC(C)CN(CCNC(=O)C(NC(=O)NCc2ccccc2)C(C)C)C1. The predicted octanol–water partition coefficient (Wildman–Crippen LogP) is 2.60. The van der Waals surface area contributed by atoms with Crippen molar-refractivity contribution in [2.24, 2.45) is 17.8 Å². The number of rotatable bonds is 8. The number of nitrogens with one attached hydrogen (secondary N) is 3. The van der Waals surface area contributed by atoms with Crippen molar-refractivity contribution < 1.29 is 9.59 Å². The second-order valence-electron chi connectivity index (χ2n) is 8.53. The Morgan fingerprint density at radius 1 is 1.07 bits per heavy atom. The van der Waals surface area contributed by atoms with E-state index in [1.807, 2.05) is 44.2 Å². The van der Waals surface area contributed by atoms with Crippen LogP contribution in [0.25, 0.3) is 0 Å². The number of urea groups is 1. The van der Waals surface area contributed by atoms with Crippen LogP contribution in [-0.4, -0.2) is 49.1 Å². The van der Waals surface area contributed by atoms with E-state index in [4.69, 9.17) is 0 Å². The van der Waals surface area contributed by atoms with Gasteiger partial charge in [0.2, 0.25) is 5.91 Å².